The van der Waals surface area contributed by atoms with E-state index in [0.717, 1.165) is 25.9 Å². The highest BCUT2D eigenvalue weighted by Crippen LogP contribution is 2.41. The maximum atomic E-state index is 13.9. The summed E-state index contributed by atoms with van der Waals surface area (Å²) in [5.74, 6) is -1.62. The van der Waals surface area contributed by atoms with Gasteiger partial charge in [0.05, 0.1) is 16.5 Å². The van der Waals surface area contributed by atoms with Gasteiger partial charge in [0.1, 0.15) is 11.3 Å². The van der Waals surface area contributed by atoms with E-state index in [4.69, 9.17) is 16.0 Å². The summed E-state index contributed by atoms with van der Waals surface area (Å²) in [5.41, 5.74) is -1.59. The molecule has 0 atom stereocenters. The number of phenols is 1. The number of halogens is 4. The number of aromatic hydroxyl groups is 1. The molecular weight excluding hydrogens is 407 g/mol. The van der Waals surface area contributed by atoms with E-state index in [0.29, 0.717) is 0 Å². The molecule has 0 aliphatic carbocycles. The van der Waals surface area contributed by atoms with Gasteiger partial charge in [-0.3, -0.25) is 9.69 Å². The predicted molar refractivity (Wildman–Crippen MR) is 104 cm³/mol. The molecule has 152 valence electrons. The molecule has 1 aliphatic rings. The second-order valence-electron chi connectivity index (χ2n) is 7.04. The summed E-state index contributed by atoms with van der Waals surface area (Å²) in [6.45, 7) is 1.74. The van der Waals surface area contributed by atoms with E-state index in [1.807, 2.05) is 4.90 Å². The van der Waals surface area contributed by atoms with E-state index in [-0.39, 0.29) is 39.4 Å². The van der Waals surface area contributed by atoms with Crippen LogP contribution in [0.25, 0.3) is 22.1 Å². The number of alkyl halides is 3. The summed E-state index contributed by atoms with van der Waals surface area (Å²) in [7, 11) is 0. The molecule has 3 aromatic rings. The smallest absolute Gasteiger partial charge is 0.450 e. The van der Waals surface area contributed by atoms with Crippen LogP contribution in [0, 0.1) is 0 Å². The first-order valence-electron chi connectivity index (χ1n) is 9.13. The minimum atomic E-state index is -4.92. The highest BCUT2D eigenvalue weighted by Gasteiger charge is 2.40. The van der Waals surface area contributed by atoms with Crippen molar-refractivity contribution in [1.29, 1.82) is 0 Å². The molecule has 1 fully saturated rings. The Morgan fingerprint density at radius 2 is 1.79 bits per heavy atom. The van der Waals surface area contributed by atoms with Crippen LogP contribution < -0.4 is 5.43 Å². The van der Waals surface area contributed by atoms with Gasteiger partial charge in [-0.15, -0.1) is 0 Å². The van der Waals surface area contributed by atoms with Crippen LogP contribution in [0.3, 0.4) is 0 Å². The Hall–Kier alpha value is -2.51. The predicted octanol–water partition coefficient (Wildman–Crippen LogP) is 5.43. The minimum Gasteiger partial charge on any atom is -0.507 e. The monoisotopic (exact) mass is 423 g/mol. The van der Waals surface area contributed by atoms with Crippen LogP contribution in [0.1, 0.15) is 24.2 Å². The molecule has 1 aromatic heterocycles. The number of hydrogen-bond donors (Lipinski definition) is 1. The summed E-state index contributed by atoms with van der Waals surface area (Å²) in [6.07, 6.45) is -2.97. The number of phenolic OH excluding ortho intramolecular Hbond substituents is 1. The minimum absolute atomic E-state index is 0.0146. The summed E-state index contributed by atoms with van der Waals surface area (Å²) < 4.78 is 46.9. The molecule has 4 rings (SSSR count). The van der Waals surface area contributed by atoms with Crippen molar-refractivity contribution >= 4 is 22.6 Å². The Bertz CT molecular complexity index is 1130. The lowest BCUT2D eigenvalue weighted by Gasteiger charge is -2.18. The number of benzene rings is 2. The lowest BCUT2D eigenvalue weighted by atomic mass is 10.00. The Morgan fingerprint density at radius 3 is 2.45 bits per heavy atom. The van der Waals surface area contributed by atoms with Crippen molar-refractivity contribution in [3.05, 3.63) is 63.0 Å². The van der Waals surface area contributed by atoms with Gasteiger partial charge in [0.2, 0.25) is 11.2 Å². The molecule has 0 unspecified atom stereocenters. The van der Waals surface area contributed by atoms with Gasteiger partial charge >= 0.3 is 6.18 Å². The standard InChI is InChI=1S/C21H17ClF3NO3/c22-15-6-2-1-5-12(15)17-18(28)13-7-8-16(27)14(11-26-9-3-4-10-26)19(13)29-20(17)21(23,24)25/h1-2,5-8,27H,3-4,9-11H2. The molecule has 8 heteroatoms. The van der Waals surface area contributed by atoms with Crippen molar-refractivity contribution < 1.29 is 22.7 Å². The third-order valence-corrected chi connectivity index (χ3v) is 5.45. The fourth-order valence-electron chi connectivity index (χ4n) is 3.73. The molecule has 0 saturated carbocycles. The number of rotatable bonds is 3. The zero-order valence-corrected chi connectivity index (χ0v) is 16.0. The normalized spacial score (nSPS) is 15.3. The topological polar surface area (TPSA) is 53.7 Å². The molecule has 2 heterocycles. The molecule has 4 nitrogen and oxygen atoms in total. The summed E-state index contributed by atoms with van der Waals surface area (Å²) in [5, 5.41) is 10.3. The molecule has 1 saturated heterocycles. The fourth-order valence-corrected chi connectivity index (χ4v) is 3.96. The van der Waals surface area contributed by atoms with Crippen LogP contribution in [0.15, 0.2) is 45.6 Å². The van der Waals surface area contributed by atoms with Crippen molar-refractivity contribution in [2.75, 3.05) is 13.1 Å². The summed E-state index contributed by atoms with van der Waals surface area (Å²) >= 11 is 6.08. The van der Waals surface area contributed by atoms with E-state index in [2.05, 4.69) is 0 Å². The Morgan fingerprint density at radius 1 is 1.10 bits per heavy atom. The van der Waals surface area contributed by atoms with E-state index in [1.54, 1.807) is 6.07 Å². The van der Waals surface area contributed by atoms with E-state index < -0.39 is 22.9 Å². The molecule has 29 heavy (non-hydrogen) atoms. The van der Waals surface area contributed by atoms with Gasteiger partial charge in [0, 0.05) is 17.1 Å². The van der Waals surface area contributed by atoms with Crippen molar-refractivity contribution in [1.82, 2.24) is 4.90 Å². The van der Waals surface area contributed by atoms with Crippen molar-refractivity contribution in [3.63, 3.8) is 0 Å². The number of fused-ring (bicyclic) bond motifs is 1. The molecule has 0 radical (unpaired) electrons. The van der Waals surface area contributed by atoms with Crippen LogP contribution in [0.4, 0.5) is 13.2 Å². The third kappa shape index (κ3) is 3.60. The largest absolute Gasteiger partial charge is 0.507 e. The van der Waals surface area contributed by atoms with Gasteiger partial charge in [0.25, 0.3) is 0 Å². The Balaban J connectivity index is 2.03. The average Bonchev–Trinajstić information content (AvgIpc) is 3.17. The highest BCUT2D eigenvalue weighted by molar-refractivity contribution is 6.33. The number of likely N-dealkylation sites (tertiary alicyclic amines) is 1. The van der Waals surface area contributed by atoms with Gasteiger partial charge in [-0.05, 0) is 44.1 Å². The van der Waals surface area contributed by atoms with Crippen LogP contribution in [0.2, 0.25) is 5.02 Å². The average molecular weight is 424 g/mol. The molecule has 1 N–H and O–H groups in total. The van der Waals surface area contributed by atoms with Crippen molar-refractivity contribution in [2.45, 2.75) is 25.6 Å². The Labute approximate surface area is 169 Å². The second-order valence-corrected chi connectivity index (χ2v) is 7.44. The van der Waals surface area contributed by atoms with Gasteiger partial charge in [0.15, 0.2) is 0 Å². The third-order valence-electron chi connectivity index (χ3n) is 5.12. The molecule has 0 bridgehead atoms. The van der Waals surface area contributed by atoms with Gasteiger partial charge in [-0.1, -0.05) is 29.8 Å². The maximum Gasteiger partial charge on any atom is 0.450 e. The zero-order valence-electron chi connectivity index (χ0n) is 15.2. The van der Waals surface area contributed by atoms with Crippen LogP contribution in [-0.2, 0) is 12.7 Å². The van der Waals surface area contributed by atoms with E-state index in [1.165, 1.54) is 30.3 Å². The van der Waals surface area contributed by atoms with Gasteiger partial charge < -0.3 is 9.52 Å². The molecule has 0 amide bonds. The molecule has 2 aromatic carbocycles. The van der Waals surface area contributed by atoms with E-state index >= 15 is 0 Å². The number of nitrogens with zero attached hydrogens (tertiary/aromatic N) is 1. The van der Waals surface area contributed by atoms with Crippen molar-refractivity contribution in [2.24, 2.45) is 0 Å². The maximum absolute atomic E-state index is 13.9. The van der Waals surface area contributed by atoms with E-state index in [9.17, 15) is 23.1 Å². The van der Waals surface area contributed by atoms with Crippen LogP contribution in [-0.4, -0.2) is 23.1 Å². The SMILES string of the molecule is O=c1c(-c2ccccc2Cl)c(C(F)(F)F)oc2c(CN3CCCC3)c(O)ccc12. The zero-order chi connectivity index (χ0) is 20.8. The van der Waals surface area contributed by atoms with Gasteiger partial charge in [-0.25, -0.2) is 0 Å². The fraction of sp³-hybridized carbons (Fsp3) is 0.286. The Kier molecular flexibility index (Phi) is 5.04. The van der Waals surface area contributed by atoms with Gasteiger partial charge in [-0.2, -0.15) is 13.2 Å². The summed E-state index contributed by atoms with van der Waals surface area (Å²) in [6, 6.07) is 8.42. The lowest BCUT2D eigenvalue weighted by molar-refractivity contribution is -0.152. The molecular formula is C21H17ClF3NO3. The highest BCUT2D eigenvalue weighted by atomic mass is 35.5. The van der Waals surface area contributed by atoms with Crippen LogP contribution in [0.5, 0.6) is 5.75 Å². The van der Waals surface area contributed by atoms with Crippen molar-refractivity contribution in [3.8, 4) is 16.9 Å². The first-order valence-corrected chi connectivity index (χ1v) is 9.51. The molecule has 0 spiro atoms. The first kappa shape index (κ1) is 19.8. The second kappa shape index (κ2) is 7.39. The molecule has 1 aliphatic heterocycles. The lowest BCUT2D eigenvalue weighted by Crippen LogP contribution is -2.20. The summed E-state index contributed by atoms with van der Waals surface area (Å²) in [4.78, 5) is 15.1. The first-order chi connectivity index (χ1) is 13.8. The van der Waals surface area contributed by atoms with Crippen LogP contribution >= 0.6 is 11.6 Å². The number of hydrogen-bond acceptors (Lipinski definition) is 4. The quantitative estimate of drug-likeness (QED) is 0.610.